The first kappa shape index (κ1) is 14.2. The molecule has 17 heavy (non-hydrogen) atoms. The summed E-state index contributed by atoms with van der Waals surface area (Å²) >= 11 is 3.22. The van der Waals surface area contributed by atoms with Crippen molar-refractivity contribution in [3.05, 3.63) is 34.8 Å². The van der Waals surface area contributed by atoms with E-state index in [4.69, 9.17) is 5.73 Å². The molecule has 0 bridgehead atoms. The zero-order valence-corrected chi connectivity index (χ0v) is 12.2. The molecule has 0 radical (unpaired) electrons. The van der Waals surface area contributed by atoms with Gasteiger partial charge in [0.15, 0.2) is 0 Å². The fourth-order valence-electron chi connectivity index (χ4n) is 1.35. The number of nitrogens with zero attached hydrogens (tertiary/aromatic N) is 1. The Hall–Kier alpha value is -0.850. The zero-order valence-electron chi connectivity index (χ0n) is 9.77. The lowest BCUT2D eigenvalue weighted by molar-refractivity contribution is 0.492. The summed E-state index contributed by atoms with van der Waals surface area (Å²) in [5, 5.41) is 0. The van der Waals surface area contributed by atoms with E-state index in [9.17, 15) is 8.42 Å². The molecular weight excluding hydrogens is 304 g/mol. The van der Waals surface area contributed by atoms with E-state index < -0.39 is 10.0 Å². The standard InChI is InChI=1S/C11H15BrN2O2S/c1-8(2)7-14(3)17(15,16)11-6-9(13)4-5-10(11)12/h4-6H,1,7,13H2,2-3H3. The molecule has 0 spiro atoms. The van der Waals surface area contributed by atoms with Crippen molar-refractivity contribution >= 4 is 31.6 Å². The van der Waals surface area contributed by atoms with Crippen LogP contribution in [0.25, 0.3) is 0 Å². The topological polar surface area (TPSA) is 63.4 Å². The van der Waals surface area contributed by atoms with E-state index in [0.29, 0.717) is 10.2 Å². The average Bonchev–Trinajstić information content (AvgIpc) is 2.20. The molecule has 1 aromatic carbocycles. The molecular formula is C11H15BrN2O2S. The first-order chi connectivity index (χ1) is 7.75. The Bertz CT molecular complexity index is 540. The van der Waals surface area contributed by atoms with Crippen LogP contribution in [0.2, 0.25) is 0 Å². The molecule has 0 amide bonds. The maximum absolute atomic E-state index is 12.2. The summed E-state index contributed by atoms with van der Waals surface area (Å²) in [5.41, 5.74) is 6.79. The van der Waals surface area contributed by atoms with E-state index in [1.807, 2.05) is 0 Å². The van der Waals surface area contributed by atoms with E-state index in [1.54, 1.807) is 19.1 Å². The fraction of sp³-hybridized carbons (Fsp3) is 0.273. The Labute approximate surface area is 110 Å². The molecule has 94 valence electrons. The van der Waals surface area contributed by atoms with Crippen molar-refractivity contribution < 1.29 is 8.42 Å². The number of hydrogen-bond acceptors (Lipinski definition) is 3. The SMILES string of the molecule is C=C(C)CN(C)S(=O)(=O)c1cc(N)ccc1Br. The van der Waals surface area contributed by atoms with Gasteiger partial charge in [-0.15, -0.1) is 0 Å². The van der Waals surface area contributed by atoms with Crippen molar-refractivity contribution in [3.63, 3.8) is 0 Å². The largest absolute Gasteiger partial charge is 0.399 e. The molecule has 4 nitrogen and oxygen atoms in total. The molecule has 0 unspecified atom stereocenters. The summed E-state index contributed by atoms with van der Waals surface area (Å²) in [6.07, 6.45) is 0. The predicted molar refractivity (Wildman–Crippen MR) is 73.2 cm³/mol. The van der Waals surface area contributed by atoms with E-state index in [2.05, 4.69) is 22.5 Å². The highest BCUT2D eigenvalue weighted by atomic mass is 79.9. The van der Waals surface area contributed by atoms with Gasteiger partial charge in [0.1, 0.15) is 0 Å². The van der Waals surface area contributed by atoms with Gasteiger partial charge in [0.25, 0.3) is 0 Å². The van der Waals surface area contributed by atoms with Crippen molar-refractivity contribution in [2.75, 3.05) is 19.3 Å². The summed E-state index contributed by atoms with van der Waals surface area (Å²) in [5.74, 6) is 0. The van der Waals surface area contributed by atoms with Gasteiger partial charge in [-0.05, 0) is 41.1 Å². The van der Waals surface area contributed by atoms with E-state index in [-0.39, 0.29) is 11.4 Å². The lowest BCUT2D eigenvalue weighted by Gasteiger charge is -2.18. The number of hydrogen-bond donors (Lipinski definition) is 1. The first-order valence-corrected chi connectivity index (χ1v) is 7.14. The normalized spacial score (nSPS) is 11.8. The van der Waals surface area contributed by atoms with Gasteiger partial charge in [-0.3, -0.25) is 0 Å². The second-order valence-electron chi connectivity index (χ2n) is 3.91. The molecule has 1 rings (SSSR count). The smallest absolute Gasteiger partial charge is 0.244 e. The fourth-order valence-corrected chi connectivity index (χ4v) is 3.54. The molecule has 0 fully saturated rings. The average molecular weight is 319 g/mol. The Morgan fingerprint density at radius 1 is 1.53 bits per heavy atom. The lowest BCUT2D eigenvalue weighted by atomic mass is 10.3. The van der Waals surface area contributed by atoms with Gasteiger partial charge in [0.2, 0.25) is 10.0 Å². The van der Waals surface area contributed by atoms with Gasteiger partial charge in [-0.2, -0.15) is 4.31 Å². The number of halogens is 1. The molecule has 0 atom stereocenters. The Balaban J connectivity index is 3.21. The monoisotopic (exact) mass is 318 g/mol. The van der Waals surface area contributed by atoms with E-state index in [0.717, 1.165) is 5.57 Å². The van der Waals surface area contributed by atoms with Gasteiger partial charge in [-0.1, -0.05) is 12.2 Å². The minimum absolute atomic E-state index is 0.168. The van der Waals surface area contributed by atoms with Crippen LogP contribution in [0.5, 0.6) is 0 Å². The Morgan fingerprint density at radius 3 is 2.65 bits per heavy atom. The maximum Gasteiger partial charge on any atom is 0.244 e. The summed E-state index contributed by atoms with van der Waals surface area (Å²) in [7, 11) is -2.03. The minimum Gasteiger partial charge on any atom is -0.399 e. The molecule has 1 aromatic rings. The van der Waals surface area contributed by atoms with Crippen molar-refractivity contribution in [2.24, 2.45) is 0 Å². The highest BCUT2D eigenvalue weighted by Crippen LogP contribution is 2.26. The molecule has 0 aliphatic heterocycles. The Kier molecular flexibility index (Phi) is 4.35. The maximum atomic E-state index is 12.2. The van der Waals surface area contributed by atoms with Gasteiger partial charge in [0.05, 0.1) is 4.90 Å². The van der Waals surface area contributed by atoms with Crippen LogP contribution in [0.3, 0.4) is 0 Å². The van der Waals surface area contributed by atoms with Gasteiger partial charge < -0.3 is 5.73 Å². The van der Waals surface area contributed by atoms with Crippen LogP contribution in [0, 0.1) is 0 Å². The van der Waals surface area contributed by atoms with Crippen LogP contribution in [0.15, 0.2) is 39.7 Å². The van der Waals surface area contributed by atoms with Gasteiger partial charge in [0, 0.05) is 23.8 Å². The summed E-state index contributed by atoms with van der Waals surface area (Å²) < 4.78 is 26.2. The Morgan fingerprint density at radius 2 is 2.12 bits per heavy atom. The molecule has 0 heterocycles. The molecule has 2 N–H and O–H groups in total. The van der Waals surface area contributed by atoms with E-state index >= 15 is 0 Å². The van der Waals surface area contributed by atoms with Crippen LogP contribution in [-0.4, -0.2) is 26.3 Å². The van der Waals surface area contributed by atoms with Crippen LogP contribution >= 0.6 is 15.9 Å². The third kappa shape index (κ3) is 3.31. The summed E-state index contributed by atoms with van der Waals surface area (Å²) in [6.45, 7) is 5.76. The van der Waals surface area contributed by atoms with Gasteiger partial charge in [-0.25, -0.2) is 8.42 Å². The highest BCUT2D eigenvalue weighted by Gasteiger charge is 2.23. The number of likely N-dealkylation sites (N-methyl/N-ethyl adjacent to an activating group) is 1. The van der Waals surface area contributed by atoms with Gasteiger partial charge >= 0.3 is 0 Å². The quantitative estimate of drug-likeness (QED) is 0.684. The van der Waals surface area contributed by atoms with Crippen LogP contribution in [0.4, 0.5) is 5.69 Å². The first-order valence-electron chi connectivity index (χ1n) is 4.91. The minimum atomic E-state index is -3.54. The number of rotatable bonds is 4. The molecule has 6 heteroatoms. The molecule has 0 saturated heterocycles. The van der Waals surface area contributed by atoms with Crippen molar-refractivity contribution in [2.45, 2.75) is 11.8 Å². The number of benzene rings is 1. The molecule has 0 saturated carbocycles. The van der Waals surface area contributed by atoms with E-state index in [1.165, 1.54) is 17.4 Å². The van der Waals surface area contributed by atoms with Crippen LogP contribution in [0.1, 0.15) is 6.92 Å². The van der Waals surface area contributed by atoms with Crippen LogP contribution in [-0.2, 0) is 10.0 Å². The van der Waals surface area contributed by atoms with Crippen LogP contribution < -0.4 is 5.73 Å². The van der Waals surface area contributed by atoms with Crippen molar-refractivity contribution in [1.82, 2.24) is 4.31 Å². The van der Waals surface area contributed by atoms with Crippen molar-refractivity contribution in [3.8, 4) is 0 Å². The number of sulfonamides is 1. The zero-order chi connectivity index (χ0) is 13.2. The number of nitrogens with two attached hydrogens (primary N) is 1. The number of anilines is 1. The molecule has 0 aromatic heterocycles. The van der Waals surface area contributed by atoms with Crippen molar-refractivity contribution in [1.29, 1.82) is 0 Å². The highest BCUT2D eigenvalue weighted by molar-refractivity contribution is 9.10. The second-order valence-corrected chi connectivity index (χ2v) is 6.78. The predicted octanol–water partition coefficient (Wildman–Crippen LogP) is 2.23. The summed E-state index contributed by atoms with van der Waals surface area (Å²) in [6, 6.07) is 4.70. The molecule has 0 aliphatic rings. The second kappa shape index (κ2) is 5.20. The third-order valence-corrected chi connectivity index (χ3v) is 4.93. The summed E-state index contributed by atoms with van der Waals surface area (Å²) in [4.78, 5) is 0.168. The molecule has 0 aliphatic carbocycles. The number of nitrogen functional groups attached to an aromatic ring is 1. The lowest BCUT2D eigenvalue weighted by Crippen LogP contribution is -2.28. The third-order valence-electron chi connectivity index (χ3n) is 2.14.